The lowest BCUT2D eigenvalue weighted by Gasteiger charge is -2.24. The number of halogens is 2. The molecule has 84 valence electrons. The Morgan fingerprint density at radius 1 is 1.38 bits per heavy atom. The van der Waals surface area contributed by atoms with Gasteiger partial charge in [-0.15, -0.1) is 0 Å². The van der Waals surface area contributed by atoms with Gasteiger partial charge in [0.2, 0.25) is 0 Å². The fourth-order valence-corrected chi connectivity index (χ4v) is 1.55. The van der Waals surface area contributed by atoms with Crippen molar-refractivity contribution >= 4 is 11.6 Å². The molecule has 1 aliphatic rings. The Bertz CT molecular complexity index is 471. The van der Waals surface area contributed by atoms with Crippen LogP contribution >= 0.6 is 0 Å². The van der Waals surface area contributed by atoms with E-state index in [1.54, 1.807) is 7.05 Å². The topological polar surface area (TPSA) is 32.3 Å². The van der Waals surface area contributed by atoms with Crippen LogP contribution in [0.4, 0.5) is 13.6 Å². The Morgan fingerprint density at radius 3 is 2.81 bits per heavy atom. The second-order valence-electron chi connectivity index (χ2n) is 3.58. The van der Waals surface area contributed by atoms with Crippen molar-refractivity contribution in [1.82, 2.24) is 10.2 Å². The quantitative estimate of drug-likeness (QED) is 0.777. The van der Waals surface area contributed by atoms with Crippen LogP contribution in [0.15, 0.2) is 24.4 Å². The Hall–Kier alpha value is -1.91. The lowest BCUT2D eigenvalue weighted by atomic mass is 10.0. The van der Waals surface area contributed by atoms with Crippen LogP contribution in [0.2, 0.25) is 0 Å². The monoisotopic (exact) mass is 224 g/mol. The molecule has 16 heavy (non-hydrogen) atoms. The summed E-state index contributed by atoms with van der Waals surface area (Å²) in [5, 5.41) is 2.46. The van der Waals surface area contributed by atoms with Crippen molar-refractivity contribution in [3.63, 3.8) is 0 Å². The van der Waals surface area contributed by atoms with Crippen LogP contribution in [0.1, 0.15) is 5.56 Å². The SMILES string of the molecule is CN1CC(c2cccc(F)c2F)=CNC1=O. The van der Waals surface area contributed by atoms with Gasteiger partial charge in [0.1, 0.15) is 0 Å². The van der Waals surface area contributed by atoms with Crippen LogP contribution in [-0.4, -0.2) is 24.5 Å². The van der Waals surface area contributed by atoms with Gasteiger partial charge in [-0.1, -0.05) is 12.1 Å². The molecular formula is C11H10F2N2O. The summed E-state index contributed by atoms with van der Waals surface area (Å²) in [4.78, 5) is 12.5. The molecule has 5 heteroatoms. The Labute approximate surface area is 91.4 Å². The maximum absolute atomic E-state index is 13.5. The first kappa shape index (κ1) is 10.6. The Balaban J connectivity index is 2.39. The molecule has 2 amide bonds. The molecule has 0 aromatic heterocycles. The van der Waals surface area contributed by atoms with Crippen molar-refractivity contribution < 1.29 is 13.6 Å². The van der Waals surface area contributed by atoms with Crippen LogP contribution in [0.5, 0.6) is 0 Å². The molecule has 0 saturated carbocycles. The summed E-state index contributed by atoms with van der Waals surface area (Å²) in [5.74, 6) is -1.78. The van der Waals surface area contributed by atoms with Crippen molar-refractivity contribution in [1.29, 1.82) is 0 Å². The first-order valence-electron chi connectivity index (χ1n) is 4.74. The minimum Gasteiger partial charge on any atom is -0.323 e. The highest BCUT2D eigenvalue weighted by molar-refractivity contribution is 5.83. The lowest BCUT2D eigenvalue weighted by molar-refractivity contribution is 0.215. The van der Waals surface area contributed by atoms with Crippen LogP contribution in [0.3, 0.4) is 0 Å². The van der Waals surface area contributed by atoms with E-state index >= 15 is 0 Å². The highest BCUT2D eigenvalue weighted by Gasteiger charge is 2.19. The van der Waals surface area contributed by atoms with Gasteiger partial charge < -0.3 is 10.2 Å². The van der Waals surface area contributed by atoms with Gasteiger partial charge in [0.25, 0.3) is 0 Å². The molecule has 1 aromatic rings. The van der Waals surface area contributed by atoms with Crippen LogP contribution in [-0.2, 0) is 0 Å². The Kier molecular flexibility index (Phi) is 2.60. The van der Waals surface area contributed by atoms with E-state index in [9.17, 15) is 13.6 Å². The maximum atomic E-state index is 13.5. The molecule has 0 aliphatic carbocycles. The molecule has 0 radical (unpaired) electrons. The van der Waals surface area contributed by atoms with E-state index < -0.39 is 11.6 Å². The van der Waals surface area contributed by atoms with Gasteiger partial charge in [0, 0.05) is 25.4 Å². The average Bonchev–Trinajstić information content (AvgIpc) is 2.26. The van der Waals surface area contributed by atoms with Crippen molar-refractivity contribution in [2.45, 2.75) is 0 Å². The summed E-state index contributed by atoms with van der Waals surface area (Å²) >= 11 is 0. The molecule has 1 N–H and O–H groups in total. The summed E-state index contributed by atoms with van der Waals surface area (Å²) in [5.41, 5.74) is 0.714. The van der Waals surface area contributed by atoms with E-state index in [1.807, 2.05) is 0 Å². The maximum Gasteiger partial charge on any atom is 0.321 e. The summed E-state index contributed by atoms with van der Waals surface area (Å²) in [7, 11) is 1.58. The lowest BCUT2D eigenvalue weighted by Crippen LogP contribution is -2.39. The number of hydrogen-bond acceptors (Lipinski definition) is 1. The second-order valence-corrected chi connectivity index (χ2v) is 3.58. The average molecular weight is 224 g/mol. The minimum atomic E-state index is -0.891. The van der Waals surface area contributed by atoms with Crippen molar-refractivity contribution in [2.24, 2.45) is 0 Å². The number of carbonyl (C=O) groups excluding carboxylic acids is 1. The summed E-state index contributed by atoms with van der Waals surface area (Å²) in [6.45, 7) is 0.256. The van der Waals surface area contributed by atoms with Gasteiger partial charge in [0.05, 0.1) is 0 Å². The van der Waals surface area contributed by atoms with Crippen molar-refractivity contribution in [3.05, 3.63) is 41.6 Å². The molecular weight excluding hydrogens is 214 g/mol. The van der Waals surface area contributed by atoms with Crippen molar-refractivity contribution in [3.8, 4) is 0 Å². The molecule has 2 rings (SSSR count). The molecule has 0 atom stereocenters. The number of hydrogen-bond donors (Lipinski definition) is 1. The molecule has 1 heterocycles. The molecule has 0 unspecified atom stereocenters. The normalized spacial score (nSPS) is 15.8. The van der Waals surface area contributed by atoms with Crippen LogP contribution < -0.4 is 5.32 Å². The van der Waals surface area contributed by atoms with E-state index in [2.05, 4.69) is 5.32 Å². The molecule has 1 aromatic carbocycles. The van der Waals surface area contributed by atoms with Crippen LogP contribution in [0.25, 0.3) is 5.57 Å². The minimum absolute atomic E-state index is 0.173. The number of urea groups is 1. The molecule has 3 nitrogen and oxygen atoms in total. The Morgan fingerprint density at radius 2 is 2.12 bits per heavy atom. The van der Waals surface area contributed by atoms with Gasteiger partial charge in [-0.2, -0.15) is 0 Å². The van der Waals surface area contributed by atoms with Gasteiger partial charge >= 0.3 is 6.03 Å². The number of carbonyl (C=O) groups is 1. The molecule has 1 aliphatic heterocycles. The third-order valence-corrected chi connectivity index (χ3v) is 2.42. The standard InChI is InChI=1S/C11H10F2N2O/c1-15-6-7(5-14-11(15)16)8-3-2-4-9(12)10(8)13/h2-5H,6H2,1H3,(H,14,16). The van der Waals surface area contributed by atoms with Crippen LogP contribution in [0, 0.1) is 11.6 Å². The van der Waals surface area contributed by atoms with E-state index in [0.717, 1.165) is 6.07 Å². The number of amides is 2. The zero-order chi connectivity index (χ0) is 11.7. The van der Waals surface area contributed by atoms with Crippen molar-refractivity contribution in [2.75, 3.05) is 13.6 Å². The first-order valence-corrected chi connectivity index (χ1v) is 4.74. The second kappa shape index (κ2) is 3.92. The zero-order valence-corrected chi connectivity index (χ0v) is 8.63. The smallest absolute Gasteiger partial charge is 0.321 e. The molecule has 0 fully saturated rings. The van der Waals surface area contributed by atoms with E-state index in [0.29, 0.717) is 5.57 Å². The summed E-state index contributed by atoms with van der Waals surface area (Å²) in [6, 6.07) is 3.71. The van der Waals surface area contributed by atoms with Gasteiger partial charge in [-0.05, 0) is 11.6 Å². The number of nitrogens with one attached hydrogen (secondary N) is 1. The number of likely N-dealkylation sites (N-methyl/N-ethyl adjacent to an activating group) is 1. The van der Waals surface area contributed by atoms with Gasteiger partial charge in [0.15, 0.2) is 11.6 Å². The number of nitrogens with zero attached hydrogens (tertiary/aromatic N) is 1. The molecule has 0 bridgehead atoms. The predicted molar refractivity (Wildman–Crippen MR) is 55.5 cm³/mol. The summed E-state index contributed by atoms with van der Waals surface area (Å²) < 4.78 is 26.5. The third-order valence-electron chi connectivity index (χ3n) is 2.42. The van der Waals surface area contributed by atoms with E-state index in [-0.39, 0.29) is 18.1 Å². The zero-order valence-electron chi connectivity index (χ0n) is 8.63. The third kappa shape index (κ3) is 1.76. The predicted octanol–water partition coefficient (Wildman–Crippen LogP) is 1.96. The largest absolute Gasteiger partial charge is 0.323 e. The fourth-order valence-electron chi connectivity index (χ4n) is 1.55. The molecule has 0 spiro atoms. The molecule has 0 saturated heterocycles. The number of benzene rings is 1. The van der Waals surface area contributed by atoms with E-state index in [1.165, 1.54) is 23.2 Å². The van der Waals surface area contributed by atoms with Gasteiger partial charge in [-0.3, -0.25) is 0 Å². The highest BCUT2D eigenvalue weighted by Crippen LogP contribution is 2.22. The van der Waals surface area contributed by atoms with E-state index in [4.69, 9.17) is 0 Å². The fraction of sp³-hybridized carbons (Fsp3) is 0.182. The summed E-state index contributed by atoms with van der Waals surface area (Å²) in [6.07, 6.45) is 1.40. The first-order chi connectivity index (χ1) is 7.59. The highest BCUT2D eigenvalue weighted by atomic mass is 19.2. The van der Waals surface area contributed by atoms with Gasteiger partial charge in [-0.25, -0.2) is 13.6 Å². The number of rotatable bonds is 1.